The first-order chi connectivity index (χ1) is 8.71. The average Bonchev–Trinajstić information content (AvgIpc) is 2.26. The van der Waals surface area contributed by atoms with E-state index >= 15 is 0 Å². The van der Waals surface area contributed by atoms with E-state index in [0.717, 1.165) is 6.42 Å². The van der Waals surface area contributed by atoms with E-state index in [4.69, 9.17) is 5.73 Å². The Hall–Kier alpha value is -1.35. The first kappa shape index (κ1) is 15.7. The normalized spacial score (nSPS) is 13.4. The van der Waals surface area contributed by atoms with Crippen LogP contribution in [0.25, 0.3) is 0 Å². The highest BCUT2D eigenvalue weighted by Crippen LogP contribution is 2.24. The van der Waals surface area contributed by atoms with Crippen molar-refractivity contribution in [2.24, 2.45) is 11.7 Å². The van der Waals surface area contributed by atoms with Crippen molar-refractivity contribution in [3.63, 3.8) is 0 Å². The molecule has 0 fully saturated rings. The summed E-state index contributed by atoms with van der Waals surface area (Å²) < 4.78 is 0. The molecule has 0 saturated carbocycles. The standard InChI is InChI=1S/C16H26N2O/c1-11(2)10-14(18-15(19)16(4,5)17)13-9-7-6-8-12(13)3/h6-9,11,14H,10,17H2,1-5H3,(H,18,19). The third kappa shape index (κ3) is 4.67. The molecule has 19 heavy (non-hydrogen) atoms. The minimum atomic E-state index is -0.849. The molecular weight excluding hydrogens is 236 g/mol. The SMILES string of the molecule is Cc1ccccc1C(CC(C)C)NC(=O)C(C)(C)N. The molecule has 0 radical (unpaired) electrons. The Labute approximate surface area is 116 Å². The van der Waals surface area contributed by atoms with Crippen LogP contribution in [0.4, 0.5) is 0 Å². The van der Waals surface area contributed by atoms with Gasteiger partial charge in [-0.1, -0.05) is 38.1 Å². The molecule has 0 aliphatic heterocycles. The van der Waals surface area contributed by atoms with Crippen molar-refractivity contribution in [3.8, 4) is 0 Å². The second-order valence-electron chi connectivity index (χ2n) is 6.23. The monoisotopic (exact) mass is 262 g/mol. The van der Waals surface area contributed by atoms with Crippen molar-refractivity contribution in [3.05, 3.63) is 35.4 Å². The summed E-state index contributed by atoms with van der Waals surface area (Å²) in [6.45, 7) is 9.84. The lowest BCUT2D eigenvalue weighted by atomic mass is 9.93. The number of carbonyl (C=O) groups is 1. The van der Waals surface area contributed by atoms with Gasteiger partial charge in [0.1, 0.15) is 0 Å². The zero-order valence-electron chi connectivity index (χ0n) is 12.7. The van der Waals surface area contributed by atoms with Crippen molar-refractivity contribution >= 4 is 5.91 Å². The third-order valence-electron chi connectivity index (χ3n) is 3.16. The Kier molecular flexibility index (Phi) is 5.12. The number of nitrogens with two attached hydrogens (primary N) is 1. The van der Waals surface area contributed by atoms with Gasteiger partial charge in [0.25, 0.3) is 0 Å². The van der Waals surface area contributed by atoms with Gasteiger partial charge in [0.05, 0.1) is 11.6 Å². The van der Waals surface area contributed by atoms with Crippen LogP contribution in [0.3, 0.4) is 0 Å². The van der Waals surface area contributed by atoms with E-state index in [1.165, 1.54) is 11.1 Å². The highest BCUT2D eigenvalue weighted by atomic mass is 16.2. The van der Waals surface area contributed by atoms with Crippen LogP contribution in [0.5, 0.6) is 0 Å². The van der Waals surface area contributed by atoms with Crippen LogP contribution in [0, 0.1) is 12.8 Å². The molecule has 1 amide bonds. The van der Waals surface area contributed by atoms with E-state index < -0.39 is 5.54 Å². The molecule has 0 aliphatic rings. The van der Waals surface area contributed by atoms with E-state index in [2.05, 4.69) is 38.2 Å². The Morgan fingerprint density at radius 2 is 1.89 bits per heavy atom. The smallest absolute Gasteiger partial charge is 0.239 e. The van der Waals surface area contributed by atoms with E-state index in [-0.39, 0.29) is 11.9 Å². The van der Waals surface area contributed by atoms with Crippen LogP contribution >= 0.6 is 0 Å². The highest BCUT2D eigenvalue weighted by Gasteiger charge is 2.26. The number of benzene rings is 1. The van der Waals surface area contributed by atoms with E-state index in [0.29, 0.717) is 5.92 Å². The summed E-state index contributed by atoms with van der Waals surface area (Å²) in [5.74, 6) is 0.396. The molecule has 3 heteroatoms. The van der Waals surface area contributed by atoms with Gasteiger partial charge < -0.3 is 11.1 Å². The lowest BCUT2D eigenvalue weighted by molar-refractivity contribution is -0.126. The second kappa shape index (κ2) is 6.20. The molecule has 3 N–H and O–H groups in total. The van der Waals surface area contributed by atoms with Gasteiger partial charge >= 0.3 is 0 Å². The Morgan fingerprint density at radius 3 is 2.37 bits per heavy atom. The van der Waals surface area contributed by atoms with Crippen molar-refractivity contribution in [1.82, 2.24) is 5.32 Å². The first-order valence-corrected chi connectivity index (χ1v) is 6.87. The van der Waals surface area contributed by atoms with Crippen LogP contribution in [0.2, 0.25) is 0 Å². The molecule has 0 spiro atoms. The molecule has 1 atom stereocenters. The summed E-state index contributed by atoms with van der Waals surface area (Å²) in [4.78, 5) is 12.1. The molecule has 3 nitrogen and oxygen atoms in total. The maximum absolute atomic E-state index is 12.1. The number of amides is 1. The van der Waals surface area contributed by atoms with Crippen LogP contribution in [-0.4, -0.2) is 11.4 Å². The largest absolute Gasteiger partial charge is 0.348 e. The number of aryl methyl sites for hydroxylation is 1. The summed E-state index contributed by atoms with van der Waals surface area (Å²) >= 11 is 0. The molecule has 0 saturated heterocycles. The molecule has 0 heterocycles. The van der Waals surface area contributed by atoms with Gasteiger partial charge in [-0.25, -0.2) is 0 Å². The number of carbonyl (C=O) groups excluding carboxylic acids is 1. The predicted octanol–water partition coefficient (Wildman–Crippen LogP) is 2.94. The van der Waals surface area contributed by atoms with Crippen molar-refractivity contribution < 1.29 is 4.79 Å². The quantitative estimate of drug-likeness (QED) is 0.857. The Bertz CT molecular complexity index is 433. The minimum absolute atomic E-state index is 0.0246. The number of rotatable bonds is 5. The van der Waals surface area contributed by atoms with Gasteiger partial charge in [0.2, 0.25) is 5.91 Å². The summed E-state index contributed by atoms with van der Waals surface area (Å²) in [5, 5.41) is 3.08. The summed E-state index contributed by atoms with van der Waals surface area (Å²) in [6, 6.07) is 8.20. The zero-order valence-corrected chi connectivity index (χ0v) is 12.7. The lowest BCUT2D eigenvalue weighted by Crippen LogP contribution is -2.50. The molecule has 1 aromatic rings. The number of hydrogen-bond acceptors (Lipinski definition) is 2. The topological polar surface area (TPSA) is 55.1 Å². The van der Waals surface area contributed by atoms with Gasteiger partial charge in [0.15, 0.2) is 0 Å². The first-order valence-electron chi connectivity index (χ1n) is 6.87. The highest BCUT2D eigenvalue weighted by molar-refractivity contribution is 5.85. The fourth-order valence-electron chi connectivity index (χ4n) is 2.06. The van der Waals surface area contributed by atoms with E-state index in [1.54, 1.807) is 13.8 Å². The van der Waals surface area contributed by atoms with E-state index in [9.17, 15) is 4.79 Å². The van der Waals surface area contributed by atoms with Gasteiger partial charge in [0, 0.05) is 0 Å². The summed E-state index contributed by atoms with van der Waals surface area (Å²) in [7, 11) is 0. The molecule has 0 aromatic heterocycles. The maximum Gasteiger partial charge on any atom is 0.239 e. The number of hydrogen-bond donors (Lipinski definition) is 2. The van der Waals surface area contributed by atoms with Gasteiger partial charge in [-0.3, -0.25) is 4.79 Å². The Balaban J connectivity index is 2.96. The molecular formula is C16H26N2O. The van der Waals surface area contributed by atoms with E-state index in [1.807, 2.05) is 12.1 Å². The zero-order chi connectivity index (χ0) is 14.6. The van der Waals surface area contributed by atoms with Crippen LogP contribution in [0.15, 0.2) is 24.3 Å². The summed E-state index contributed by atoms with van der Waals surface area (Å²) in [6.07, 6.45) is 0.909. The van der Waals surface area contributed by atoms with Crippen molar-refractivity contribution in [2.75, 3.05) is 0 Å². The average molecular weight is 262 g/mol. The fraction of sp³-hybridized carbons (Fsp3) is 0.562. The predicted molar refractivity (Wildman–Crippen MR) is 79.8 cm³/mol. The molecule has 0 aliphatic carbocycles. The molecule has 1 rings (SSSR count). The van der Waals surface area contributed by atoms with Gasteiger partial charge in [-0.2, -0.15) is 0 Å². The fourth-order valence-corrected chi connectivity index (χ4v) is 2.06. The Morgan fingerprint density at radius 1 is 1.32 bits per heavy atom. The van der Waals surface area contributed by atoms with Crippen LogP contribution < -0.4 is 11.1 Å². The number of nitrogens with one attached hydrogen (secondary N) is 1. The molecule has 1 aromatic carbocycles. The van der Waals surface area contributed by atoms with Crippen molar-refractivity contribution in [1.29, 1.82) is 0 Å². The lowest BCUT2D eigenvalue weighted by Gasteiger charge is -2.27. The second-order valence-corrected chi connectivity index (χ2v) is 6.23. The maximum atomic E-state index is 12.1. The summed E-state index contributed by atoms with van der Waals surface area (Å²) in [5.41, 5.74) is 7.39. The van der Waals surface area contributed by atoms with Crippen LogP contribution in [-0.2, 0) is 4.79 Å². The third-order valence-corrected chi connectivity index (χ3v) is 3.16. The van der Waals surface area contributed by atoms with Crippen LogP contribution in [0.1, 0.15) is 51.3 Å². The minimum Gasteiger partial charge on any atom is -0.348 e. The van der Waals surface area contributed by atoms with Crippen molar-refractivity contribution in [2.45, 2.75) is 52.6 Å². The molecule has 1 unspecified atom stereocenters. The molecule has 0 bridgehead atoms. The molecule has 106 valence electrons. The van der Waals surface area contributed by atoms with Gasteiger partial charge in [-0.05, 0) is 44.2 Å². The van der Waals surface area contributed by atoms with Gasteiger partial charge in [-0.15, -0.1) is 0 Å².